The molecule has 2 rings (SSSR count). The van der Waals surface area contributed by atoms with E-state index in [0.29, 0.717) is 17.2 Å². The number of ether oxygens (including phenoxy) is 1. The van der Waals surface area contributed by atoms with Crippen LogP contribution >= 0.6 is 0 Å². The molecule has 1 amide bonds. The summed E-state index contributed by atoms with van der Waals surface area (Å²) in [7, 11) is -2.10. The predicted molar refractivity (Wildman–Crippen MR) is 97.3 cm³/mol. The van der Waals surface area contributed by atoms with Crippen LogP contribution < -0.4 is 9.46 Å². The maximum Gasteiger partial charge on any atom is 0.240 e. The number of piperidine rings is 1. The van der Waals surface area contributed by atoms with E-state index in [9.17, 15) is 13.2 Å². The van der Waals surface area contributed by atoms with Gasteiger partial charge in [0.1, 0.15) is 5.75 Å². The van der Waals surface area contributed by atoms with Gasteiger partial charge in [-0.15, -0.1) is 0 Å². The summed E-state index contributed by atoms with van der Waals surface area (Å²) in [6, 6.07) is 3.19. The number of carbonyl (C=O) groups excluding carboxylic acids is 1. The van der Waals surface area contributed by atoms with Crippen molar-refractivity contribution < 1.29 is 17.9 Å². The van der Waals surface area contributed by atoms with Gasteiger partial charge in [0.25, 0.3) is 0 Å². The molecule has 1 heterocycles. The molecule has 140 valence electrons. The summed E-state index contributed by atoms with van der Waals surface area (Å²) in [4.78, 5) is 14.3. The predicted octanol–water partition coefficient (Wildman–Crippen LogP) is 2.24. The molecule has 1 aliphatic heterocycles. The SMILES string of the molecule is COc1ccc(S(=O)(=O)NCCC(=O)N2CCCC(C)C2)c(C)c1C. The number of carbonyl (C=O) groups is 1. The Balaban J connectivity index is 1.98. The van der Waals surface area contributed by atoms with Crippen LogP contribution in [-0.2, 0) is 14.8 Å². The molecule has 0 radical (unpaired) electrons. The zero-order chi connectivity index (χ0) is 18.6. The highest BCUT2D eigenvalue weighted by Gasteiger charge is 2.22. The number of sulfonamides is 1. The van der Waals surface area contributed by atoms with Gasteiger partial charge in [0.05, 0.1) is 12.0 Å². The molecular weight excluding hydrogens is 340 g/mol. The normalized spacial score (nSPS) is 18.2. The van der Waals surface area contributed by atoms with Gasteiger partial charge >= 0.3 is 0 Å². The molecule has 7 heteroatoms. The lowest BCUT2D eigenvalue weighted by Crippen LogP contribution is -2.40. The van der Waals surface area contributed by atoms with Gasteiger partial charge < -0.3 is 9.64 Å². The number of hydrogen-bond donors (Lipinski definition) is 1. The van der Waals surface area contributed by atoms with E-state index in [0.717, 1.165) is 31.5 Å². The Kier molecular flexibility index (Phi) is 6.46. The summed E-state index contributed by atoms with van der Waals surface area (Å²) in [6.45, 7) is 7.36. The maximum absolute atomic E-state index is 12.5. The molecule has 6 nitrogen and oxygen atoms in total. The Morgan fingerprint density at radius 3 is 2.68 bits per heavy atom. The highest BCUT2D eigenvalue weighted by molar-refractivity contribution is 7.89. The van der Waals surface area contributed by atoms with Crippen molar-refractivity contribution in [3.05, 3.63) is 23.3 Å². The molecule has 1 saturated heterocycles. The monoisotopic (exact) mass is 368 g/mol. The molecule has 1 N–H and O–H groups in total. The van der Waals surface area contributed by atoms with Crippen molar-refractivity contribution in [3.8, 4) is 5.75 Å². The van der Waals surface area contributed by atoms with Gasteiger partial charge in [-0.05, 0) is 55.9 Å². The van der Waals surface area contributed by atoms with E-state index in [1.54, 1.807) is 20.1 Å². The fourth-order valence-electron chi connectivity index (χ4n) is 3.23. The number of benzene rings is 1. The molecule has 0 aromatic heterocycles. The number of nitrogens with zero attached hydrogens (tertiary/aromatic N) is 1. The minimum Gasteiger partial charge on any atom is -0.496 e. The Labute approximate surface area is 150 Å². The first-order valence-corrected chi connectivity index (χ1v) is 10.2. The summed E-state index contributed by atoms with van der Waals surface area (Å²) in [5.41, 5.74) is 1.45. The van der Waals surface area contributed by atoms with Crippen molar-refractivity contribution >= 4 is 15.9 Å². The quantitative estimate of drug-likeness (QED) is 0.835. The minimum absolute atomic E-state index is 0.0110. The molecule has 1 aromatic rings. The zero-order valence-corrected chi connectivity index (χ0v) is 16.3. The summed E-state index contributed by atoms with van der Waals surface area (Å²) in [5.74, 6) is 1.18. The second-order valence-electron chi connectivity index (χ2n) is 6.75. The van der Waals surface area contributed by atoms with Crippen LogP contribution in [0.2, 0.25) is 0 Å². The molecule has 0 aliphatic carbocycles. The van der Waals surface area contributed by atoms with E-state index in [4.69, 9.17) is 4.74 Å². The lowest BCUT2D eigenvalue weighted by atomic mass is 10.0. The van der Waals surface area contributed by atoms with Crippen LogP contribution in [0.4, 0.5) is 0 Å². The largest absolute Gasteiger partial charge is 0.496 e. The second kappa shape index (κ2) is 8.19. The summed E-state index contributed by atoms with van der Waals surface area (Å²) >= 11 is 0. The number of rotatable bonds is 6. The average molecular weight is 368 g/mol. The fourth-order valence-corrected chi connectivity index (χ4v) is 4.56. The molecular formula is C18H28N2O4S. The highest BCUT2D eigenvalue weighted by Crippen LogP contribution is 2.26. The maximum atomic E-state index is 12.5. The summed E-state index contributed by atoms with van der Waals surface area (Å²) in [5, 5.41) is 0. The number of nitrogens with one attached hydrogen (secondary N) is 1. The van der Waals surface area contributed by atoms with Crippen LogP contribution in [0, 0.1) is 19.8 Å². The molecule has 25 heavy (non-hydrogen) atoms. The first-order valence-electron chi connectivity index (χ1n) is 8.68. The fraction of sp³-hybridized carbons (Fsp3) is 0.611. The van der Waals surface area contributed by atoms with Gasteiger partial charge in [0, 0.05) is 26.1 Å². The van der Waals surface area contributed by atoms with Gasteiger partial charge in [0.2, 0.25) is 15.9 Å². The van der Waals surface area contributed by atoms with E-state index in [2.05, 4.69) is 11.6 Å². The third-order valence-electron chi connectivity index (χ3n) is 4.84. The average Bonchev–Trinajstić information content (AvgIpc) is 2.56. The van der Waals surface area contributed by atoms with Crippen molar-refractivity contribution in [1.82, 2.24) is 9.62 Å². The Hall–Kier alpha value is -1.60. The standard InChI is InChI=1S/C18H28N2O4S/c1-13-6-5-11-20(12-13)18(21)9-10-19-25(22,23)17-8-7-16(24-4)14(2)15(17)3/h7-8,13,19H,5-6,9-12H2,1-4H3. The third kappa shape index (κ3) is 4.73. The molecule has 1 fully saturated rings. The first-order chi connectivity index (χ1) is 11.8. The van der Waals surface area contributed by atoms with E-state index in [1.165, 1.54) is 6.07 Å². The zero-order valence-electron chi connectivity index (χ0n) is 15.5. The number of likely N-dealkylation sites (tertiary alicyclic amines) is 1. The van der Waals surface area contributed by atoms with Gasteiger partial charge in [-0.3, -0.25) is 4.79 Å². The van der Waals surface area contributed by atoms with Crippen LogP contribution in [0.25, 0.3) is 0 Å². The van der Waals surface area contributed by atoms with Gasteiger partial charge in [-0.25, -0.2) is 13.1 Å². The molecule has 0 bridgehead atoms. The van der Waals surface area contributed by atoms with Crippen molar-refractivity contribution in [3.63, 3.8) is 0 Å². The minimum atomic E-state index is -3.65. The Morgan fingerprint density at radius 1 is 1.32 bits per heavy atom. The first kappa shape index (κ1) is 19.7. The highest BCUT2D eigenvalue weighted by atomic mass is 32.2. The van der Waals surface area contributed by atoms with Crippen LogP contribution in [0.5, 0.6) is 5.75 Å². The van der Waals surface area contributed by atoms with Crippen LogP contribution in [0.1, 0.15) is 37.3 Å². The van der Waals surface area contributed by atoms with Gasteiger partial charge in [-0.1, -0.05) is 6.92 Å². The Morgan fingerprint density at radius 2 is 2.04 bits per heavy atom. The smallest absolute Gasteiger partial charge is 0.240 e. The molecule has 1 unspecified atom stereocenters. The summed E-state index contributed by atoms with van der Waals surface area (Å²) in [6.07, 6.45) is 2.34. The van der Waals surface area contributed by atoms with Gasteiger partial charge in [-0.2, -0.15) is 0 Å². The lowest BCUT2D eigenvalue weighted by Gasteiger charge is -2.31. The molecule has 1 atom stereocenters. The van der Waals surface area contributed by atoms with Crippen LogP contribution in [0.3, 0.4) is 0 Å². The molecule has 0 spiro atoms. The van der Waals surface area contributed by atoms with E-state index < -0.39 is 10.0 Å². The van der Waals surface area contributed by atoms with Crippen molar-refractivity contribution in [2.75, 3.05) is 26.7 Å². The van der Waals surface area contributed by atoms with Crippen molar-refractivity contribution in [2.45, 2.75) is 44.9 Å². The molecule has 1 aromatic carbocycles. The molecule has 1 aliphatic rings. The topological polar surface area (TPSA) is 75.7 Å². The lowest BCUT2D eigenvalue weighted by molar-refractivity contribution is -0.132. The second-order valence-corrected chi connectivity index (χ2v) is 8.49. The Bertz CT molecular complexity index is 731. The van der Waals surface area contributed by atoms with Gasteiger partial charge in [0.15, 0.2) is 0 Å². The molecule has 0 saturated carbocycles. The number of hydrogen-bond acceptors (Lipinski definition) is 4. The number of amides is 1. The third-order valence-corrected chi connectivity index (χ3v) is 6.44. The van der Waals surface area contributed by atoms with E-state index in [-0.39, 0.29) is 23.8 Å². The number of methoxy groups -OCH3 is 1. The van der Waals surface area contributed by atoms with Crippen LogP contribution in [-0.4, -0.2) is 46.0 Å². The van der Waals surface area contributed by atoms with Crippen molar-refractivity contribution in [1.29, 1.82) is 0 Å². The summed E-state index contributed by atoms with van der Waals surface area (Å²) < 4.78 is 32.8. The van der Waals surface area contributed by atoms with E-state index in [1.807, 2.05) is 11.8 Å². The van der Waals surface area contributed by atoms with Crippen LogP contribution in [0.15, 0.2) is 17.0 Å². The van der Waals surface area contributed by atoms with Crippen molar-refractivity contribution in [2.24, 2.45) is 5.92 Å². The van der Waals surface area contributed by atoms with E-state index >= 15 is 0 Å².